The second-order valence-electron chi connectivity index (χ2n) is 6.35. The van der Waals surface area contributed by atoms with E-state index in [2.05, 4.69) is 57.5 Å². The molecule has 2 heteroatoms. The van der Waals surface area contributed by atoms with E-state index < -0.39 is 0 Å². The van der Waals surface area contributed by atoms with Gasteiger partial charge in [-0.05, 0) is 62.8 Å². The van der Waals surface area contributed by atoms with E-state index in [1.165, 1.54) is 22.3 Å². The van der Waals surface area contributed by atoms with Crippen molar-refractivity contribution >= 4 is 6.21 Å². The van der Waals surface area contributed by atoms with Gasteiger partial charge in [0, 0.05) is 23.9 Å². The van der Waals surface area contributed by atoms with Crippen molar-refractivity contribution in [3.63, 3.8) is 0 Å². The average molecular weight is 313 g/mol. The topological polar surface area (TPSA) is 38.4 Å². The summed E-state index contributed by atoms with van der Waals surface area (Å²) in [6, 6.07) is 0.0234. The molecule has 0 saturated heterocycles. The molecular weight excluding hydrogens is 280 g/mol. The lowest BCUT2D eigenvalue weighted by atomic mass is 9.81. The Labute approximate surface area is 142 Å². The molecule has 0 aliphatic heterocycles. The Balaban J connectivity index is 3.16. The molecule has 0 bridgehead atoms. The van der Waals surface area contributed by atoms with Gasteiger partial charge in [0.15, 0.2) is 0 Å². The molecule has 1 aliphatic carbocycles. The van der Waals surface area contributed by atoms with Gasteiger partial charge in [-0.15, -0.1) is 0 Å². The molecule has 2 unspecified atom stereocenters. The summed E-state index contributed by atoms with van der Waals surface area (Å²) in [4.78, 5) is 4.51. The number of hydrogen-bond acceptors (Lipinski definition) is 2. The molecule has 2 nitrogen and oxygen atoms in total. The number of rotatable bonds is 6. The lowest BCUT2D eigenvalue weighted by Gasteiger charge is -2.30. The van der Waals surface area contributed by atoms with Gasteiger partial charge >= 0.3 is 0 Å². The van der Waals surface area contributed by atoms with Crippen molar-refractivity contribution in [3.8, 4) is 0 Å². The first kappa shape index (κ1) is 19.4. The predicted octanol–water partition coefficient (Wildman–Crippen LogP) is 5.50. The van der Waals surface area contributed by atoms with Gasteiger partial charge in [-0.2, -0.15) is 0 Å². The van der Waals surface area contributed by atoms with Crippen LogP contribution in [0, 0.1) is 5.92 Å². The molecule has 0 heterocycles. The van der Waals surface area contributed by atoms with Crippen LogP contribution in [0.15, 0.2) is 63.4 Å². The first-order valence-corrected chi connectivity index (χ1v) is 8.52. The zero-order valence-corrected chi connectivity index (χ0v) is 15.6. The third-order valence-electron chi connectivity index (χ3n) is 4.43. The van der Waals surface area contributed by atoms with E-state index in [1.807, 2.05) is 20.1 Å². The molecule has 126 valence electrons. The van der Waals surface area contributed by atoms with E-state index >= 15 is 0 Å². The smallest absolute Gasteiger partial charge is 0.0475 e. The van der Waals surface area contributed by atoms with Crippen LogP contribution in [0.3, 0.4) is 0 Å². The van der Waals surface area contributed by atoms with Crippen LogP contribution in [0.1, 0.15) is 54.4 Å². The van der Waals surface area contributed by atoms with Crippen molar-refractivity contribution in [3.05, 3.63) is 58.4 Å². The van der Waals surface area contributed by atoms with E-state index in [9.17, 15) is 0 Å². The molecule has 0 fully saturated rings. The van der Waals surface area contributed by atoms with E-state index in [1.54, 1.807) is 0 Å². The van der Waals surface area contributed by atoms with Gasteiger partial charge in [-0.1, -0.05) is 44.2 Å². The van der Waals surface area contributed by atoms with Gasteiger partial charge in [0.2, 0.25) is 0 Å². The Morgan fingerprint density at radius 2 is 2.00 bits per heavy atom. The number of aliphatic imine (C=N–C) groups is 1. The van der Waals surface area contributed by atoms with Crippen LogP contribution in [-0.2, 0) is 0 Å². The first-order valence-electron chi connectivity index (χ1n) is 8.52. The van der Waals surface area contributed by atoms with Crippen LogP contribution in [0.4, 0.5) is 0 Å². The van der Waals surface area contributed by atoms with Crippen LogP contribution in [0.2, 0.25) is 0 Å². The Bertz CT molecular complexity index is 597. The van der Waals surface area contributed by atoms with Gasteiger partial charge in [-0.3, -0.25) is 4.99 Å². The maximum Gasteiger partial charge on any atom is 0.0475 e. The fourth-order valence-corrected chi connectivity index (χ4v) is 3.17. The molecule has 0 radical (unpaired) electrons. The molecule has 1 aliphatic rings. The minimum absolute atomic E-state index is 0.0234. The molecule has 0 saturated carbocycles. The Morgan fingerprint density at radius 3 is 2.48 bits per heavy atom. The SMILES string of the molecule is C=C(C)/C=C(CC)\C(=C/C)CC1=CC(C)=C(N=CC)C(C)C1N. The maximum absolute atomic E-state index is 6.51. The van der Waals surface area contributed by atoms with Crippen molar-refractivity contribution in [2.45, 2.75) is 60.4 Å². The Kier molecular flexibility index (Phi) is 7.44. The molecule has 1 rings (SSSR count). The van der Waals surface area contributed by atoms with Gasteiger partial charge in [0.05, 0.1) is 0 Å². The molecule has 0 aromatic rings. The molecule has 0 aromatic carbocycles. The van der Waals surface area contributed by atoms with Crippen molar-refractivity contribution < 1.29 is 0 Å². The third-order valence-corrected chi connectivity index (χ3v) is 4.43. The van der Waals surface area contributed by atoms with Gasteiger partial charge in [0.25, 0.3) is 0 Å². The van der Waals surface area contributed by atoms with Crippen molar-refractivity contribution in [1.82, 2.24) is 0 Å². The summed E-state index contributed by atoms with van der Waals surface area (Å²) in [5.41, 5.74) is 13.9. The van der Waals surface area contributed by atoms with Crippen LogP contribution in [-0.4, -0.2) is 12.3 Å². The largest absolute Gasteiger partial charge is 0.324 e. The zero-order valence-electron chi connectivity index (χ0n) is 15.6. The highest BCUT2D eigenvalue weighted by atomic mass is 14.8. The highest BCUT2D eigenvalue weighted by Gasteiger charge is 2.26. The molecule has 2 N–H and O–H groups in total. The summed E-state index contributed by atoms with van der Waals surface area (Å²) in [5.74, 6) is 0.250. The van der Waals surface area contributed by atoms with Crippen LogP contribution in [0.25, 0.3) is 0 Å². The summed E-state index contributed by atoms with van der Waals surface area (Å²) < 4.78 is 0. The number of nitrogens with two attached hydrogens (primary N) is 1. The first-order chi connectivity index (χ1) is 10.8. The Hall–Kier alpha value is -1.67. The lowest BCUT2D eigenvalue weighted by molar-refractivity contribution is 0.546. The molecule has 0 spiro atoms. The van der Waals surface area contributed by atoms with Crippen LogP contribution >= 0.6 is 0 Å². The third kappa shape index (κ3) is 4.90. The highest BCUT2D eigenvalue weighted by Crippen LogP contribution is 2.34. The van der Waals surface area contributed by atoms with E-state index in [4.69, 9.17) is 5.73 Å². The average Bonchev–Trinajstić information content (AvgIpc) is 2.51. The van der Waals surface area contributed by atoms with Gasteiger partial charge in [-0.25, -0.2) is 0 Å². The minimum atomic E-state index is 0.0234. The molecule has 23 heavy (non-hydrogen) atoms. The Morgan fingerprint density at radius 1 is 1.35 bits per heavy atom. The summed E-state index contributed by atoms with van der Waals surface area (Å²) in [7, 11) is 0. The summed E-state index contributed by atoms with van der Waals surface area (Å²) in [5, 5.41) is 0. The van der Waals surface area contributed by atoms with Gasteiger partial charge < -0.3 is 5.73 Å². The molecule has 0 aromatic heterocycles. The second kappa shape index (κ2) is 8.83. The van der Waals surface area contributed by atoms with Crippen molar-refractivity contribution in [2.75, 3.05) is 0 Å². The van der Waals surface area contributed by atoms with E-state index in [0.29, 0.717) is 0 Å². The fourth-order valence-electron chi connectivity index (χ4n) is 3.17. The normalized spacial score (nSPS) is 23.5. The monoisotopic (exact) mass is 312 g/mol. The zero-order chi connectivity index (χ0) is 17.6. The maximum atomic E-state index is 6.51. The van der Waals surface area contributed by atoms with Gasteiger partial charge in [0.1, 0.15) is 0 Å². The minimum Gasteiger partial charge on any atom is -0.324 e. The lowest BCUT2D eigenvalue weighted by Crippen LogP contribution is -2.34. The molecule has 0 amide bonds. The van der Waals surface area contributed by atoms with Crippen molar-refractivity contribution in [2.24, 2.45) is 16.6 Å². The number of nitrogens with zero attached hydrogens (tertiary/aromatic N) is 1. The van der Waals surface area contributed by atoms with E-state index in [0.717, 1.165) is 24.1 Å². The highest BCUT2D eigenvalue weighted by molar-refractivity contribution is 5.57. The second-order valence-corrected chi connectivity index (χ2v) is 6.35. The molecular formula is C21H32N2. The summed E-state index contributed by atoms with van der Waals surface area (Å²) in [6.07, 6.45) is 10.4. The van der Waals surface area contributed by atoms with Crippen LogP contribution < -0.4 is 5.73 Å². The summed E-state index contributed by atoms with van der Waals surface area (Å²) >= 11 is 0. The number of hydrogen-bond donors (Lipinski definition) is 1. The van der Waals surface area contributed by atoms with Crippen LogP contribution in [0.5, 0.6) is 0 Å². The summed E-state index contributed by atoms with van der Waals surface area (Å²) in [6.45, 7) is 16.6. The quantitative estimate of drug-likeness (QED) is 0.510. The van der Waals surface area contributed by atoms with Crippen molar-refractivity contribution in [1.29, 1.82) is 0 Å². The number of allylic oxidation sites excluding steroid dienone is 7. The fraction of sp³-hybridized carbons (Fsp3) is 0.476. The van der Waals surface area contributed by atoms with E-state index in [-0.39, 0.29) is 12.0 Å². The molecule has 2 atom stereocenters. The predicted molar refractivity (Wildman–Crippen MR) is 104 cm³/mol. The standard InChI is InChI=1S/C21H32N2/c1-8-17(11-14(4)5)18(9-2)13-19-12-15(6)21(23-10-3)16(7)20(19)22/h9-12,16,20H,4,8,13,22H2,1-3,5-7H3/b17-11-,18-9-,23-10?.